The predicted molar refractivity (Wildman–Crippen MR) is 107 cm³/mol. The van der Waals surface area contributed by atoms with Gasteiger partial charge in [-0.1, -0.05) is 25.0 Å². The highest BCUT2D eigenvalue weighted by Crippen LogP contribution is 2.35. The molecule has 1 aromatic carbocycles. The summed E-state index contributed by atoms with van der Waals surface area (Å²) < 4.78 is 5.91. The number of amides is 2. The number of piperazine rings is 1. The summed E-state index contributed by atoms with van der Waals surface area (Å²) in [6.45, 7) is 6.17. The van der Waals surface area contributed by atoms with Gasteiger partial charge >= 0.3 is 0 Å². The number of fused-ring (bicyclic) bond motifs is 1. The molecule has 0 spiro atoms. The monoisotopic (exact) mass is 385 g/mol. The summed E-state index contributed by atoms with van der Waals surface area (Å²) >= 11 is 0. The lowest BCUT2D eigenvalue weighted by Gasteiger charge is -2.38. The first-order valence-corrected chi connectivity index (χ1v) is 10.5. The molecular formula is C22H31N3O3. The van der Waals surface area contributed by atoms with Crippen LogP contribution in [0.3, 0.4) is 0 Å². The second-order valence-electron chi connectivity index (χ2n) is 8.94. The zero-order valence-corrected chi connectivity index (χ0v) is 16.9. The number of hydrogen-bond acceptors (Lipinski definition) is 4. The van der Waals surface area contributed by atoms with E-state index in [1.165, 1.54) is 18.4 Å². The third-order valence-corrected chi connectivity index (χ3v) is 6.16. The molecule has 1 aliphatic carbocycles. The first-order chi connectivity index (χ1) is 13.4. The number of nitrogens with zero attached hydrogens (tertiary/aromatic N) is 1. The fourth-order valence-electron chi connectivity index (χ4n) is 4.84. The summed E-state index contributed by atoms with van der Waals surface area (Å²) in [6, 6.07) is 6.21. The van der Waals surface area contributed by atoms with Gasteiger partial charge in [-0.15, -0.1) is 0 Å². The molecule has 2 N–H and O–H groups in total. The summed E-state index contributed by atoms with van der Waals surface area (Å²) in [6.07, 6.45) is 5.82. The first-order valence-electron chi connectivity index (χ1n) is 10.5. The van der Waals surface area contributed by atoms with Crippen LogP contribution in [0.15, 0.2) is 18.2 Å². The molecule has 2 fully saturated rings. The third-order valence-electron chi connectivity index (χ3n) is 6.16. The largest absolute Gasteiger partial charge is 0.487 e. The van der Waals surface area contributed by atoms with Crippen molar-refractivity contribution in [1.29, 1.82) is 0 Å². The van der Waals surface area contributed by atoms with Crippen LogP contribution in [0.5, 0.6) is 5.75 Å². The number of benzene rings is 1. The first kappa shape index (κ1) is 19.2. The molecule has 1 saturated carbocycles. The molecule has 2 aliphatic heterocycles. The maximum absolute atomic E-state index is 12.6. The van der Waals surface area contributed by atoms with Crippen molar-refractivity contribution in [2.75, 3.05) is 13.1 Å². The van der Waals surface area contributed by atoms with Crippen molar-refractivity contribution in [3.63, 3.8) is 0 Å². The van der Waals surface area contributed by atoms with Crippen molar-refractivity contribution in [1.82, 2.24) is 15.5 Å². The minimum atomic E-state index is -0.342. The van der Waals surface area contributed by atoms with E-state index in [-0.39, 0.29) is 29.9 Å². The van der Waals surface area contributed by atoms with Gasteiger partial charge in [-0.25, -0.2) is 0 Å². The van der Waals surface area contributed by atoms with Crippen molar-refractivity contribution >= 4 is 11.8 Å². The van der Waals surface area contributed by atoms with Crippen molar-refractivity contribution < 1.29 is 14.3 Å². The van der Waals surface area contributed by atoms with Crippen LogP contribution in [0.1, 0.15) is 57.1 Å². The van der Waals surface area contributed by atoms with Crippen molar-refractivity contribution in [2.24, 2.45) is 0 Å². The minimum absolute atomic E-state index is 0.00906. The van der Waals surface area contributed by atoms with E-state index >= 15 is 0 Å². The molecule has 0 unspecified atom stereocenters. The van der Waals surface area contributed by atoms with E-state index in [1.54, 1.807) is 0 Å². The summed E-state index contributed by atoms with van der Waals surface area (Å²) in [5.74, 6) is 0.860. The van der Waals surface area contributed by atoms with Gasteiger partial charge in [0.15, 0.2) is 0 Å². The molecule has 2 heterocycles. The SMILES string of the molecule is CC1(C)Cc2cc(CNC(=O)C[C@H]3C(=O)NCCN3C3CCCC3)ccc2O1. The number of ether oxygens (including phenoxy) is 1. The summed E-state index contributed by atoms with van der Waals surface area (Å²) in [5.41, 5.74) is 2.09. The second-order valence-corrected chi connectivity index (χ2v) is 8.94. The maximum atomic E-state index is 12.6. The fourth-order valence-corrected chi connectivity index (χ4v) is 4.84. The Morgan fingerprint density at radius 2 is 2.11 bits per heavy atom. The minimum Gasteiger partial charge on any atom is -0.487 e. The Labute approximate surface area is 167 Å². The molecule has 0 aromatic heterocycles. The molecule has 1 atom stereocenters. The average Bonchev–Trinajstić information content (AvgIpc) is 3.27. The topological polar surface area (TPSA) is 70.7 Å². The highest BCUT2D eigenvalue weighted by atomic mass is 16.5. The van der Waals surface area contributed by atoms with E-state index in [2.05, 4.69) is 35.4 Å². The molecule has 3 aliphatic rings. The normalized spacial score (nSPS) is 24.5. The number of hydrogen-bond donors (Lipinski definition) is 2. The lowest BCUT2D eigenvalue weighted by Crippen LogP contribution is -2.59. The van der Waals surface area contributed by atoms with Crippen LogP contribution in [-0.2, 0) is 22.6 Å². The van der Waals surface area contributed by atoms with Crippen LogP contribution in [0.2, 0.25) is 0 Å². The van der Waals surface area contributed by atoms with E-state index in [9.17, 15) is 9.59 Å². The van der Waals surface area contributed by atoms with Gasteiger partial charge in [-0.3, -0.25) is 14.5 Å². The van der Waals surface area contributed by atoms with Crippen LogP contribution in [0, 0.1) is 0 Å². The lowest BCUT2D eigenvalue weighted by molar-refractivity contribution is -0.135. The van der Waals surface area contributed by atoms with Gasteiger partial charge in [0, 0.05) is 32.1 Å². The summed E-state index contributed by atoms with van der Waals surface area (Å²) in [4.78, 5) is 27.3. The number of nitrogens with one attached hydrogen (secondary N) is 2. The molecule has 0 bridgehead atoms. The van der Waals surface area contributed by atoms with Crippen LogP contribution in [-0.4, -0.2) is 47.5 Å². The Bertz CT molecular complexity index is 755. The molecule has 28 heavy (non-hydrogen) atoms. The standard InChI is InChI=1S/C22H31N3O3/c1-22(2)13-16-11-15(7-8-19(16)28-22)14-24-20(26)12-18-21(27)23-9-10-25(18)17-5-3-4-6-17/h7-8,11,17-18H,3-6,9-10,12-14H2,1-2H3,(H,23,27)(H,24,26)/t18-/m0/s1. The third kappa shape index (κ3) is 4.17. The number of carbonyl (C=O) groups excluding carboxylic acids is 2. The summed E-state index contributed by atoms with van der Waals surface area (Å²) in [7, 11) is 0. The molecule has 1 aromatic rings. The van der Waals surface area contributed by atoms with E-state index in [1.807, 2.05) is 12.1 Å². The van der Waals surface area contributed by atoms with Gasteiger partial charge in [-0.2, -0.15) is 0 Å². The van der Waals surface area contributed by atoms with Gasteiger partial charge in [0.1, 0.15) is 11.4 Å². The highest BCUT2D eigenvalue weighted by molar-refractivity contribution is 5.88. The Morgan fingerprint density at radius 1 is 1.32 bits per heavy atom. The second kappa shape index (κ2) is 7.74. The molecule has 152 valence electrons. The van der Waals surface area contributed by atoms with E-state index in [0.717, 1.165) is 37.1 Å². The van der Waals surface area contributed by atoms with Crippen LogP contribution in [0.25, 0.3) is 0 Å². The van der Waals surface area contributed by atoms with E-state index in [0.29, 0.717) is 19.1 Å². The van der Waals surface area contributed by atoms with Gasteiger partial charge in [0.25, 0.3) is 0 Å². The molecule has 1 saturated heterocycles. The van der Waals surface area contributed by atoms with Gasteiger partial charge in [0.2, 0.25) is 11.8 Å². The van der Waals surface area contributed by atoms with Gasteiger partial charge in [0.05, 0.1) is 12.5 Å². The molecule has 6 heteroatoms. The Hall–Kier alpha value is -2.08. The Balaban J connectivity index is 1.34. The number of carbonyl (C=O) groups is 2. The maximum Gasteiger partial charge on any atom is 0.237 e. The Kier molecular flexibility index (Phi) is 5.32. The van der Waals surface area contributed by atoms with E-state index in [4.69, 9.17) is 4.74 Å². The van der Waals surface area contributed by atoms with Crippen LogP contribution >= 0.6 is 0 Å². The fraction of sp³-hybridized carbons (Fsp3) is 0.636. The number of rotatable bonds is 5. The molecule has 2 amide bonds. The average molecular weight is 386 g/mol. The molecule has 4 rings (SSSR count). The zero-order valence-electron chi connectivity index (χ0n) is 16.9. The smallest absolute Gasteiger partial charge is 0.237 e. The van der Waals surface area contributed by atoms with Crippen LogP contribution in [0.4, 0.5) is 0 Å². The van der Waals surface area contributed by atoms with Gasteiger partial charge in [-0.05, 0) is 43.9 Å². The van der Waals surface area contributed by atoms with Gasteiger partial charge < -0.3 is 15.4 Å². The van der Waals surface area contributed by atoms with Crippen molar-refractivity contribution in [3.05, 3.63) is 29.3 Å². The highest BCUT2D eigenvalue weighted by Gasteiger charge is 2.36. The Morgan fingerprint density at radius 3 is 2.89 bits per heavy atom. The molecule has 6 nitrogen and oxygen atoms in total. The molecular weight excluding hydrogens is 354 g/mol. The predicted octanol–water partition coefficient (Wildman–Crippen LogP) is 2.15. The van der Waals surface area contributed by atoms with Crippen molar-refractivity contribution in [2.45, 2.75) is 76.6 Å². The summed E-state index contributed by atoms with van der Waals surface area (Å²) in [5, 5.41) is 5.93. The van der Waals surface area contributed by atoms with Crippen molar-refractivity contribution in [3.8, 4) is 5.75 Å². The quantitative estimate of drug-likeness (QED) is 0.815. The molecule has 0 radical (unpaired) electrons. The van der Waals surface area contributed by atoms with Crippen LogP contribution < -0.4 is 15.4 Å². The lowest BCUT2D eigenvalue weighted by atomic mass is 10.00. The van der Waals surface area contributed by atoms with E-state index < -0.39 is 0 Å². The zero-order chi connectivity index (χ0) is 19.7.